The largest absolute Gasteiger partial charge is 0.434 e. The highest BCUT2D eigenvalue weighted by molar-refractivity contribution is 5.77. The molecule has 108 valence electrons. The maximum atomic E-state index is 12.4. The van der Waals surface area contributed by atoms with Crippen molar-refractivity contribution in [2.75, 3.05) is 5.73 Å². The third-order valence-corrected chi connectivity index (χ3v) is 2.74. The fraction of sp³-hybridized carbons (Fsp3) is 0.0833. The quantitative estimate of drug-likeness (QED) is 0.678. The molecule has 0 bridgehead atoms. The highest BCUT2D eigenvalue weighted by atomic mass is 19.3. The van der Waals surface area contributed by atoms with E-state index in [-0.39, 0.29) is 34.2 Å². The van der Waals surface area contributed by atoms with Crippen LogP contribution in [0.15, 0.2) is 29.1 Å². The summed E-state index contributed by atoms with van der Waals surface area (Å²) in [5.41, 5.74) is 5.41. The van der Waals surface area contributed by atoms with E-state index < -0.39 is 12.2 Å². The number of benzene rings is 1. The number of imidazole rings is 1. The molecule has 1 aromatic carbocycles. The fourth-order valence-corrected chi connectivity index (χ4v) is 1.91. The van der Waals surface area contributed by atoms with Crippen molar-refractivity contribution in [3.8, 4) is 17.1 Å². The summed E-state index contributed by atoms with van der Waals surface area (Å²) in [5.74, 6) is 0.0449. The molecule has 3 aromatic rings. The second kappa shape index (κ2) is 4.85. The highest BCUT2D eigenvalue weighted by Crippen LogP contribution is 2.29. The zero-order chi connectivity index (χ0) is 15.0. The molecule has 7 nitrogen and oxygen atoms in total. The predicted molar refractivity (Wildman–Crippen MR) is 71.0 cm³/mol. The van der Waals surface area contributed by atoms with Crippen molar-refractivity contribution in [3.63, 3.8) is 0 Å². The number of hydrogen-bond donors (Lipinski definition) is 3. The number of nitrogens with one attached hydrogen (secondary N) is 2. The molecule has 0 atom stereocenters. The first-order chi connectivity index (χ1) is 10.0. The Balaban J connectivity index is 2.17. The zero-order valence-electron chi connectivity index (χ0n) is 10.4. The molecule has 4 N–H and O–H groups in total. The average molecular weight is 293 g/mol. The van der Waals surface area contributed by atoms with E-state index >= 15 is 0 Å². The number of H-pyrrole nitrogens is 2. The van der Waals surface area contributed by atoms with Gasteiger partial charge in [-0.2, -0.15) is 13.8 Å². The van der Waals surface area contributed by atoms with Crippen LogP contribution in [0, 0.1) is 0 Å². The Morgan fingerprint density at radius 2 is 1.95 bits per heavy atom. The van der Waals surface area contributed by atoms with Gasteiger partial charge in [-0.3, -0.25) is 9.78 Å². The number of alkyl halides is 2. The Morgan fingerprint density at radius 1 is 1.19 bits per heavy atom. The van der Waals surface area contributed by atoms with Crippen molar-refractivity contribution in [2.45, 2.75) is 6.61 Å². The topological polar surface area (TPSA) is 110 Å². The van der Waals surface area contributed by atoms with E-state index in [1.165, 1.54) is 12.1 Å². The smallest absolute Gasteiger partial charge is 0.387 e. The summed E-state index contributed by atoms with van der Waals surface area (Å²) in [6, 6.07) is 6.09. The molecule has 0 amide bonds. The van der Waals surface area contributed by atoms with Crippen LogP contribution in [-0.4, -0.2) is 26.5 Å². The summed E-state index contributed by atoms with van der Waals surface area (Å²) in [6.45, 7) is -2.97. The fourth-order valence-electron chi connectivity index (χ4n) is 1.91. The van der Waals surface area contributed by atoms with Crippen molar-refractivity contribution >= 4 is 17.1 Å². The molecule has 0 saturated heterocycles. The van der Waals surface area contributed by atoms with Gasteiger partial charge in [0.05, 0.1) is 5.56 Å². The SMILES string of the molecule is Nc1nc2nc(-c3ccccc3OC(F)F)[nH]c2c(=O)[nH]1. The van der Waals surface area contributed by atoms with Crippen molar-refractivity contribution in [3.05, 3.63) is 34.6 Å². The van der Waals surface area contributed by atoms with E-state index in [1.54, 1.807) is 12.1 Å². The van der Waals surface area contributed by atoms with E-state index in [9.17, 15) is 13.6 Å². The predicted octanol–water partition coefficient (Wildman–Crippen LogP) is 1.50. The minimum Gasteiger partial charge on any atom is -0.434 e. The second-order valence-electron chi connectivity index (χ2n) is 4.11. The maximum absolute atomic E-state index is 12.4. The molecule has 0 aliphatic rings. The van der Waals surface area contributed by atoms with E-state index in [0.717, 1.165) is 0 Å². The molecule has 9 heteroatoms. The summed E-state index contributed by atoms with van der Waals surface area (Å²) in [4.78, 5) is 24.7. The first-order valence-electron chi connectivity index (χ1n) is 5.84. The third kappa shape index (κ3) is 2.40. The van der Waals surface area contributed by atoms with Gasteiger partial charge >= 0.3 is 6.61 Å². The van der Waals surface area contributed by atoms with Crippen molar-refractivity contribution in [1.82, 2.24) is 19.9 Å². The number of nitrogen functional groups attached to an aromatic ring is 1. The molecule has 2 aromatic heterocycles. The lowest BCUT2D eigenvalue weighted by Crippen LogP contribution is -2.10. The van der Waals surface area contributed by atoms with E-state index in [0.29, 0.717) is 0 Å². The van der Waals surface area contributed by atoms with Gasteiger partial charge in [0.2, 0.25) is 5.95 Å². The summed E-state index contributed by atoms with van der Waals surface area (Å²) in [7, 11) is 0. The van der Waals surface area contributed by atoms with Gasteiger partial charge in [-0.05, 0) is 12.1 Å². The van der Waals surface area contributed by atoms with Crippen LogP contribution in [0.25, 0.3) is 22.6 Å². The molecule has 3 rings (SSSR count). The molecule has 0 fully saturated rings. The number of hydrogen-bond acceptors (Lipinski definition) is 5. The lowest BCUT2D eigenvalue weighted by atomic mass is 10.2. The second-order valence-corrected chi connectivity index (χ2v) is 4.11. The number of aromatic nitrogens is 4. The Bertz CT molecular complexity index is 858. The maximum Gasteiger partial charge on any atom is 0.387 e. The number of fused-ring (bicyclic) bond motifs is 1. The van der Waals surface area contributed by atoms with Crippen molar-refractivity contribution in [2.24, 2.45) is 0 Å². The molecule has 2 heterocycles. The van der Waals surface area contributed by atoms with E-state index in [1.807, 2.05) is 0 Å². The monoisotopic (exact) mass is 293 g/mol. The Labute approximate surface area is 115 Å². The van der Waals surface area contributed by atoms with Gasteiger partial charge in [0.15, 0.2) is 11.2 Å². The molecule has 0 aliphatic heterocycles. The standard InChI is InChI=1S/C12H9F2N5O2/c13-11(14)21-6-4-2-1-3-5(6)8-16-7-9(17-8)18-12(15)19-10(7)20/h1-4,11H,(H4,15,16,17,18,19,20). The van der Waals surface area contributed by atoms with Gasteiger partial charge in [-0.25, -0.2) is 4.98 Å². The molecule has 21 heavy (non-hydrogen) atoms. The van der Waals surface area contributed by atoms with Crippen molar-refractivity contribution < 1.29 is 13.5 Å². The number of nitrogens with zero attached hydrogens (tertiary/aromatic N) is 2. The van der Waals surface area contributed by atoms with Gasteiger partial charge in [0.25, 0.3) is 5.56 Å². The van der Waals surface area contributed by atoms with Crippen LogP contribution in [0.2, 0.25) is 0 Å². The summed E-state index contributed by atoms with van der Waals surface area (Å²) < 4.78 is 29.2. The minimum absolute atomic E-state index is 0.0593. The van der Waals surface area contributed by atoms with Crippen molar-refractivity contribution in [1.29, 1.82) is 0 Å². The Kier molecular flexibility index (Phi) is 3.01. The number of para-hydroxylation sites is 1. The van der Waals surface area contributed by atoms with Gasteiger partial charge in [0, 0.05) is 0 Å². The van der Waals surface area contributed by atoms with Crippen LogP contribution in [0.3, 0.4) is 0 Å². The number of anilines is 1. The third-order valence-electron chi connectivity index (χ3n) is 2.74. The lowest BCUT2D eigenvalue weighted by molar-refractivity contribution is -0.0494. The van der Waals surface area contributed by atoms with E-state index in [2.05, 4.69) is 24.7 Å². The zero-order valence-corrected chi connectivity index (χ0v) is 10.4. The first-order valence-corrected chi connectivity index (χ1v) is 5.84. The number of halogens is 2. The number of aromatic amines is 2. The summed E-state index contributed by atoms with van der Waals surface area (Å²) in [6.07, 6.45) is 0. The first kappa shape index (κ1) is 13.0. The van der Waals surface area contributed by atoms with Crippen LogP contribution in [0.4, 0.5) is 14.7 Å². The van der Waals surface area contributed by atoms with Crippen LogP contribution in [-0.2, 0) is 0 Å². The van der Waals surface area contributed by atoms with Gasteiger partial charge in [0.1, 0.15) is 11.6 Å². The summed E-state index contributed by atoms with van der Waals surface area (Å²) in [5, 5.41) is 0. The lowest BCUT2D eigenvalue weighted by Gasteiger charge is -2.08. The molecule has 0 spiro atoms. The summed E-state index contributed by atoms with van der Waals surface area (Å²) >= 11 is 0. The van der Waals surface area contributed by atoms with E-state index in [4.69, 9.17) is 5.73 Å². The minimum atomic E-state index is -2.97. The average Bonchev–Trinajstić information content (AvgIpc) is 2.82. The number of ether oxygens (including phenoxy) is 1. The normalized spacial score (nSPS) is 11.2. The highest BCUT2D eigenvalue weighted by Gasteiger charge is 2.15. The van der Waals surface area contributed by atoms with Gasteiger partial charge in [-0.1, -0.05) is 12.1 Å². The number of rotatable bonds is 3. The van der Waals surface area contributed by atoms with Crippen LogP contribution < -0.4 is 16.0 Å². The molecule has 0 saturated carbocycles. The van der Waals surface area contributed by atoms with Crippen LogP contribution in [0.1, 0.15) is 0 Å². The van der Waals surface area contributed by atoms with Crippen LogP contribution >= 0.6 is 0 Å². The number of nitrogens with two attached hydrogens (primary N) is 1. The van der Waals surface area contributed by atoms with Gasteiger partial charge in [-0.15, -0.1) is 0 Å². The molecular formula is C12H9F2N5O2. The Hall–Kier alpha value is -2.97. The molecular weight excluding hydrogens is 284 g/mol. The molecule has 0 aliphatic carbocycles. The van der Waals surface area contributed by atoms with Gasteiger partial charge < -0.3 is 15.5 Å². The Morgan fingerprint density at radius 3 is 2.71 bits per heavy atom. The molecule has 0 unspecified atom stereocenters. The van der Waals surface area contributed by atoms with Crippen LogP contribution in [0.5, 0.6) is 5.75 Å². The molecule has 0 radical (unpaired) electrons.